The van der Waals surface area contributed by atoms with E-state index in [2.05, 4.69) is 98.1 Å². The van der Waals surface area contributed by atoms with Gasteiger partial charge in [0.2, 0.25) is 0 Å². The van der Waals surface area contributed by atoms with Gasteiger partial charge in [-0.2, -0.15) is 0 Å². The van der Waals surface area contributed by atoms with Crippen LogP contribution in [-0.4, -0.2) is 0 Å². The van der Waals surface area contributed by atoms with E-state index >= 15 is 0 Å². The fourth-order valence-corrected chi connectivity index (χ4v) is 6.85. The minimum Gasteiger partial charge on any atom is -0.140 e. The zero-order valence-electron chi connectivity index (χ0n) is 18.3. The highest BCUT2D eigenvalue weighted by Crippen LogP contribution is 2.37. The van der Waals surface area contributed by atoms with Crippen molar-refractivity contribution in [2.45, 2.75) is 12.8 Å². The highest BCUT2D eigenvalue weighted by atomic mass is 32.1. The summed E-state index contributed by atoms with van der Waals surface area (Å²) in [5.41, 5.74) is 5.08. The Balaban J connectivity index is 1.32. The van der Waals surface area contributed by atoms with E-state index < -0.39 is 0 Å². The van der Waals surface area contributed by atoms with Gasteiger partial charge in [-0.3, -0.25) is 0 Å². The number of benzene rings is 2. The molecule has 0 aliphatic carbocycles. The van der Waals surface area contributed by atoms with E-state index in [0.29, 0.717) is 0 Å². The smallest absolute Gasteiger partial charge is 0.0349 e. The zero-order valence-corrected chi connectivity index (χ0v) is 20.7. The number of hydrogen-bond donors (Lipinski definition) is 0. The number of rotatable bonds is 8. The number of thiophene rings is 3. The molecule has 0 saturated heterocycles. The molecule has 162 valence electrons. The minimum absolute atomic E-state index is 0.936. The summed E-state index contributed by atoms with van der Waals surface area (Å²) in [5.74, 6) is 0. The average Bonchev–Trinajstić information content (AvgIpc) is 3.61. The first-order chi connectivity index (χ1) is 16.2. The molecule has 0 saturated carbocycles. The lowest BCUT2D eigenvalue weighted by Gasteiger charge is -2.02. The standard InChI is InChI=1S/C30H24S3/c1-3-5-25-15-17-27(31-25)21-7-11-23(12-8-21)29-19-20-30(33-29)24-13-9-22(10-14-24)28-18-16-26(32-28)6-4-2/h3-4,7-20H,1-2,5-6H2. The Kier molecular flexibility index (Phi) is 6.54. The highest BCUT2D eigenvalue weighted by molar-refractivity contribution is 7.18. The van der Waals surface area contributed by atoms with Crippen LogP contribution in [0.5, 0.6) is 0 Å². The first-order valence-corrected chi connectivity index (χ1v) is 13.4. The molecule has 5 aromatic rings. The quantitative estimate of drug-likeness (QED) is 0.194. The molecule has 0 N–H and O–H groups in total. The van der Waals surface area contributed by atoms with Crippen LogP contribution in [-0.2, 0) is 12.8 Å². The normalized spacial score (nSPS) is 10.9. The molecule has 0 bridgehead atoms. The predicted molar refractivity (Wildman–Crippen MR) is 150 cm³/mol. The SMILES string of the molecule is C=CCc1ccc(-c2ccc(-c3ccc(-c4ccc(-c5ccc(CC=C)s5)cc4)s3)cc2)s1. The average molecular weight is 481 g/mol. The third kappa shape index (κ3) is 4.86. The number of hydrogen-bond acceptors (Lipinski definition) is 3. The molecule has 0 fully saturated rings. The van der Waals surface area contributed by atoms with Crippen LogP contribution in [0.4, 0.5) is 0 Å². The van der Waals surface area contributed by atoms with E-state index in [1.807, 2.05) is 46.2 Å². The highest BCUT2D eigenvalue weighted by Gasteiger charge is 2.08. The van der Waals surface area contributed by atoms with Crippen molar-refractivity contribution in [2.75, 3.05) is 0 Å². The van der Waals surface area contributed by atoms with Gasteiger partial charge >= 0.3 is 0 Å². The second kappa shape index (κ2) is 9.88. The van der Waals surface area contributed by atoms with Crippen LogP contribution in [0.25, 0.3) is 41.8 Å². The maximum atomic E-state index is 3.84. The molecule has 33 heavy (non-hydrogen) atoms. The fraction of sp³-hybridized carbons (Fsp3) is 0.0667. The summed E-state index contributed by atoms with van der Waals surface area (Å²) in [5, 5.41) is 0. The van der Waals surface area contributed by atoms with Crippen LogP contribution >= 0.6 is 34.0 Å². The lowest BCUT2D eigenvalue weighted by atomic mass is 10.1. The molecule has 0 radical (unpaired) electrons. The van der Waals surface area contributed by atoms with Gasteiger partial charge in [0.25, 0.3) is 0 Å². The largest absolute Gasteiger partial charge is 0.140 e. The van der Waals surface area contributed by atoms with E-state index in [9.17, 15) is 0 Å². The number of allylic oxidation sites excluding steroid dienone is 2. The summed E-state index contributed by atoms with van der Waals surface area (Å²) in [6.45, 7) is 7.67. The van der Waals surface area contributed by atoms with Gasteiger partial charge in [0.15, 0.2) is 0 Å². The summed E-state index contributed by atoms with van der Waals surface area (Å²) in [4.78, 5) is 7.93. The Hall–Kier alpha value is -2.98. The van der Waals surface area contributed by atoms with E-state index in [-0.39, 0.29) is 0 Å². The van der Waals surface area contributed by atoms with Crippen LogP contribution < -0.4 is 0 Å². The Labute approximate surface area is 207 Å². The summed E-state index contributed by atoms with van der Waals surface area (Å²) < 4.78 is 0. The molecule has 3 heterocycles. The minimum atomic E-state index is 0.936. The van der Waals surface area contributed by atoms with Crippen molar-refractivity contribution in [1.82, 2.24) is 0 Å². The molecule has 0 nitrogen and oxygen atoms in total. The maximum absolute atomic E-state index is 3.84. The maximum Gasteiger partial charge on any atom is 0.0349 e. The molecule has 3 aromatic heterocycles. The summed E-state index contributed by atoms with van der Waals surface area (Å²) in [7, 11) is 0. The molecule has 0 amide bonds. The molecule has 0 aliphatic heterocycles. The van der Waals surface area contributed by atoms with Crippen LogP contribution in [0.3, 0.4) is 0 Å². The van der Waals surface area contributed by atoms with Gasteiger partial charge in [0, 0.05) is 29.3 Å². The van der Waals surface area contributed by atoms with Crippen molar-refractivity contribution in [3.63, 3.8) is 0 Å². The van der Waals surface area contributed by atoms with Gasteiger partial charge in [-0.1, -0.05) is 60.7 Å². The second-order valence-electron chi connectivity index (χ2n) is 7.84. The summed E-state index contributed by atoms with van der Waals surface area (Å²) in [6, 6.07) is 31.1. The van der Waals surface area contributed by atoms with Crippen molar-refractivity contribution >= 4 is 34.0 Å². The van der Waals surface area contributed by atoms with Crippen LogP contribution in [0.1, 0.15) is 9.75 Å². The van der Waals surface area contributed by atoms with E-state index in [1.54, 1.807) is 0 Å². The molecular weight excluding hydrogens is 457 g/mol. The fourth-order valence-electron chi connectivity index (χ4n) is 3.82. The third-order valence-corrected chi connectivity index (χ3v) is 9.02. The van der Waals surface area contributed by atoms with Crippen molar-refractivity contribution in [3.8, 4) is 41.8 Å². The second-order valence-corrected chi connectivity index (χ2v) is 11.3. The van der Waals surface area contributed by atoms with E-state index in [0.717, 1.165) is 12.8 Å². The van der Waals surface area contributed by atoms with Gasteiger partial charge in [-0.15, -0.1) is 47.2 Å². The van der Waals surface area contributed by atoms with Crippen LogP contribution in [0.2, 0.25) is 0 Å². The van der Waals surface area contributed by atoms with Crippen LogP contribution in [0.15, 0.2) is 110 Å². The molecular formula is C30H24S3. The molecule has 0 spiro atoms. The summed E-state index contributed by atoms with van der Waals surface area (Å²) >= 11 is 5.54. The molecule has 3 heteroatoms. The summed E-state index contributed by atoms with van der Waals surface area (Å²) in [6.07, 6.45) is 5.79. The Morgan fingerprint density at radius 1 is 0.424 bits per heavy atom. The van der Waals surface area contributed by atoms with Gasteiger partial charge in [0.05, 0.1) is 0 Å². The van der Waals surface area contributed by atoms with E-state index in [1.165, 1.54) is 51.5 Å². The molecule has 0 atom stereocenters. The van der Waals surface area contributed by atoms with Crippen molar-refractivity contribution < 1.29 is 0 Å². The topological polar surface area (TPSA) is 0 Å². The Morgan fingerprint density at radius 3 is 1.06 bits per heavy atom. The van der Waals surface area contributed by atoms with Crippen LogP contribution in [0, 0.1) is 0 Å². The van der Waals surface area contributed by atoms with Crippen molar-refractivity contribution in [3.05, 3.63) is 120 Å². The molecule has 5 rings (SSSR count). The van der Waals surface area contributed by atoms with Gasteiger partial charge < -0.3 is 0 Å². The first-order valence-electron chi connectivity index (χ1n) is 10.9. The lowest BCUT2D eigenvalue weighted by molar-refractivity contribution is 1.36. The predicted octanol–water partition coefficient (Wildman–Crippen LogP) is 10.00. The van der Waals surface area contributed by atoms with Crippen molar-refractivity contribution in [1.29, 1.82) is 0 Å². The Morgan fingerprint density at radius 2 is 0.727 bits per heavy atom. The first kappa shape index (κ1) is 21.8. The Bertz CT molecular complexity index is 1270. The molecule has 0 unspecified atom stereocenters. The monoisotopic (exact) mass is 480 g/mol. The zero-order chi connectivity index (χ0) is 22.6. The molecule has 0 aliphatic rings. The van der Waals surface area contributed by atoms with Gasteiger partial charge in [-0.25, -0.2) is 0 Å². The van der Waals surface area contributed by atoms with Gasteiger partial charge in [-0.05, 0) is 71.5 Å². The molecule has 2 aromatic carbocycles. The van der Waals surface area contributed by atoms with Crippen molar-refractivity contribution in [2.24, 2.45) is 0 Å². The van der Waals surface area contributed by atoms with Gasteiger partial charge in [0.1, 0.15) is 0 Å². The lowest BCUT2D eigenvalue weighted by Crippen LogP contribution is -1.75. The van der Waals surface area contributed by atoms with E-state index in [4.69, 9.17) is 0 Å². The third-order valence-electron chi connectivity index (χ3n) is 5.53.